The molecule has 0 radical (unpaired) electrons. The Morgan fingerprint density at radius 3 is 1.70 bits per heavy atom. The molecule has 0 unspecified atom stereocenters. The van der Waals surface area contributed by atoms with Gasteiger partial charge in [-0.1, -0.05) is 19.9 Å². The molecule has 1 aromatic carbocycles. The topological polar surface area (TPSA) is 86.6 Å². The van der Waals surface area contributed by atoms with E-state index in [1.165, 1.54) is 51.1 Å². The molecular formula is C15H23NO4. The maximum absolute atomic E-state index is 10.6. The predicted molar refractivity (Wildman–Crippen MR) is 78.5 cm³/mol. The highest BCUT2D eigenvalue weighted by atomic mass is 16.4. The van der Waals surface area contributed by atoms with E-state index in [1.807, 2.05) is 0 Å². The number of hydrogen-bond acceptors (Lipinski definition) is 3. The van der Waals surface area contributed by atoms with Gasteiger partial charge in [0.15, 0.2) is 0 Å². The van der Waals surface area contributed by atoms with Gasteiger partial charge in [-0.2, -0.15) is 0 Å². The predicted octanol–water partition coefficient (Wildman–Crippen LogP) is 2.79. The van der Waals surface area contributed by atoms with E-state index in [1.54, 1.807) is 0 Å². The molecule has 3 N–H and O–H groups in total. The fourth-order valence-electron chi connectivity index (χ4n) is 1.58. The van der Waals surface area contributed by atoms with E-state index in [4.69, 9.17) is 10.2 Å². The summed E-state index contributed by atoms with van der Waals surface area (Å²) in [4.78, 5) is 21.2. The summed E-state index contributed by atoms with van der Waals surface area (Å²) in [5, 5.41) is 20.6. The van der Waals surface area contributed by atoms with Gasteiger partial charge in [0.2, 0.25) is 0 Å². The molecule has 0 atom stereocenters. The van der Waals surface area contributed by atoms with Crippen molar-refractivity contribution in [1.82, 2.24) is 5.32 Å². The molecule has 0 aliphatic carbocycles. The quantitative estimate of drug-likeness (QED) is 0.698. The van der Waals surface area contributed by atoms with Crippen molar-refractivity contribution in [3.63, 3.8) is 0 Å². The largest absolute Gasteiger partial charge is 0.478 e. The lowest BCUT2D eigenvalue weighted by Gasteiger charge is -2.03. The minimum Gasteiger partial charge on any atom is -0.478 e. The minimum absolute atomic E-state index is 0.0277. The Morgan fingerprint density at radius 1 is 1.00 bits per heavy atom. The number of hydrogen-bond donors (Lipinski definition) is 3. The van der Waals surface area contributed by atoms with Crippen LogP contribution in [0.5, 0.6) is 0 Å². The average Bonchev–Trinajstić information content (AvgIpc) is 2.39. The first-order chi connectivity index (χ1) is 9.45. The molecule has 0 aliphatic heterocycles. The number of carboxylic acids is 2. The van der Waals surface area contributed by atoms with Crippen molar-refractivity contribution in [2.45, 2.75) is 33.6 Å². The lowest BCUT2D eigenvalue weighted by atomic mass is 10.0. The maximum atomic E-state index is 10.6. The smallest absolute Gasteiger partial charge is 0.335 e. The third kappa shape index (κ3) is 6.33. The summed E-state index contributed by atoms with van der Waals surface area (Å²) in [5.41, 5.74) is 0.335. The number of carbonyl (C=O) groups is 2. The number of aromatic carboxylic acids is 2. The third-order valence-electron chi connectivity index (χ3n) is 2.65. The Bertz CT molecular complexity index is 407. The zero-order valence-electron chi connectivity index (χ0n) is 12.3. The first kappa shape index (κ1) is 18.1. The fraction of sp³-hybridized carbons (Fsp3) is 0.467. The second-order valence-corrected chi connectivity index (χ2v) is 4.34. The summed E-state index contributed by atoms with van der Waals surface area (Å²) in [6.45, 7) is 8.19. The normalized spacial score (nSPS) is 9.55. The van der Waals surface area contributed by atoms with Crippen molar-refractivity contribution in [2.75, 3.05) is 13.1 Å². The second-order valence-electron chi connectivity index (χ2n) is 4.34. The Labute approximate surface area is 119 Å². The number of rotatable bonds is 6. The molecule has 0 spiro atoms. The molecule has 0 saturated carbocycles. The van der Waals surface area contributed by atoms with Gasteiger partial charge in [-0.25, -0.2) is 9.59 Å². The van der Waals surface area contributed by atoms with Crippen molar-refractivity contribution >= 4 is 11.9 Å². The highest BCUT2D eigenvalue weighted by Crippen LogP contribution is 2.13. The molecule has 0 aliphatic rings. The highest BCUT2D eigenvalue weighted by molar-refractivity contribution is 5.96. The average molecular weight is 281 g/mol. The van der Waals surface area contributed by atoms with Crippen LogP contribution in [-0.2, 0) is 0 Å². The van der Waals surface area contributed by atoms with Crippen molar-refractivity contribution in [3.8, 4) is 0 Å². The monoisotopic (exact) mass is 281 g/mol. The van der Waals surface area contributed by atoms with Gasteiger partial charge in [0, 0.05) is 0 Å². The van der Waals surface area contributed by atoms with E-state index in [0.29, 0.717) is 0 Å². The van der Waals surface area contributed by atoms with Crippen molar-refractivity contribution < 1.29 is 19.8 Å². The van der Waals surface area contributed by atoms with Gasteiger partial charge in [-0.3, -0.25) is 0 Å². The Kier molecular flexibility index (Phi) is 9.04. The molecule has 5 nitrogen and oxygen atoms in total. The van der Waals surface area contributed by atoms with Crippen LogP contribution < -0.4 is 5.32 Å². The number of carboxylic acid groups (broad SMARTS) is 2. The Morgan fingerprint density at radius 2 is 1.40 bits per heavy atom. The van der Waals surface area contributed by atoms with Crippen LogP contribution in [0.15, 0.2) is 18.2 Å². The lowest BCUT2D eigenvalue weighted by Crippen LogP contribution is -2.14. The molecule has 0 aromatic heterocycles. The van der Waals surface area contributed by atoms with Gasteiger partial charge in [0.1, 0.15) is 0 Å². The van der Waals surface area contributed by atoms with Gasteiger partial charge in [0.25, 0.3) is 0 Å². The van der Waals surface area contributed by atoms with E-state index >= 15 is 0 Å². The van der Waals surface area contributed by atoms with E-state index < -0.39 is 11.9 Å². The summed E-state index contributed by atoms with van der Waals surface area (Å²) in [6, 6.07) is 4.17. The number of benzene rings is 1. The molecule has 1 aromatic rings. The molecule has 0 saturated heterocycles. The van der Waals surface area contributed by atoms with Crippen LogP contribution in [0.3, 0.4) is 0 Å². The van der Waals surface area contributed by atoms with Crippen molar-refractivity contribution in [2.24, 2.45) is 0 Å². The molecule has 1 rings (SSSR count). The van der Waals surface area contributed by atoms with Crippen molar-refractivity contribution in [1.29, 1.82) is 0 Å². The maximum Gasteiger partial charge on any atom is 0.335 e. The first-order valence-corrected chi connectivity index (χ1v) is 6.72. The van der Waals surface area contributed by atoms with Crippen LogP contribution in [0, 0.1) is 6.92 Å². The standard InChI is InChI=1S/C9H8O4.C6H15N/c1-5-6(8(10)11)3-2-4-7(5)9(12)13;1-3-5-7-6-4-2/h2-4H,1H3,(H,10,11)(H,12,13);7H,3-6H2,1-2H3. The molecule has 5 heteroatoms. The molecule has 0 heterocycles. The number of nitrogens with one attached hydrogen (secondary N) is 1. The Balaban J connectivity index is 0.000000441. The van der Waals surface area contributed by atoms with Crippen LogP contribution in [0.4, 0.5) is 0 Å². The first-order valence-electron chi connectivity index (χ1n) is 6.72. The van der Waals surface area contributed by atoms with Crippen LogP contribution in [0.25, 0.3) is 0 Å². The van der Waals surface area contributed by atoms with E-state index in [-0.39, 0.29) is 16.7 Å². The van der Waals surface area contributed by atoms with E-state index in [9.17, 15) is 9.59 Å². The van der Waals surface area contributed by atoms with Gasteiger partial charge < -0.3 is 15.5 Å². The molecule has 0 bridgehead atoms. The highest BCUT2D eigenvalue weighted by Gasteiger charge is 2.13. The summed E-state index contributed by atoms with van der Waals surface area (Å²) >= 11 is 0. The van der Waals surface area contributed by atoms with Crippen LogP contribution in [0.2, 0.25) is 0 Å². The summed E-state index contributed by atoms with van der Waals surface area (Å²) in [5.74, 6) is -2.22. The van der Waals surface area contributed by atoms with Crippen LogP contribution in [0.1, 0.15) is 53.0 Å². The van der Waals surface area contributed by atoms with Gasteiger partial charge in [0.05, 0.1) is 11.1 Å². The molecule has 0 amide bonds. The van der Waals surface area contributed by atoms with Crippen LogP contribution >= 0.6 is 0 Å². The van der Waals surface area contributed by atoms with Gasteiger partial charge in [-0.15, -0.1) is 0 Å². The summed E-state index contributed by atoms with van der Waals surface area (Å²) in [6.07, 6.45) is 2.50. The lowest BCUT2D eigenvalue weighted by molar-refractivity contribution is 0.0696. The molecule has 20 heavy (non-hydrogen) atoms. The summed E-state index contributed by atoms with van der Waals surface area (Å²) < 4.78 is 0. The zero-order chi connectivity index (χ0) is 15.5. The molecule has 0 fully saturated rings. The minimum atomic E-state index is -1.11. The molecule has 112 valence electrons. The van der Waals surface area contributed by atoms with E-state index in [2.05, 4.69) is 19.2 Å². The zero-order valence-corrected chi connectivity index (χ0v) is 12.3. The van der Waals surface area contributed by atoms with Gasteiger partial charge >= 0.3 is 11.9 Å². The van der Waals surface area contributed by atoms with Gasteiger partial charge in [-0.05, 0) is 50.6 Å². The SMILES string of the molecule is CCCNCCC.Cc1c(C(=O)O)cccc1C(=O)O. The Hall–Kier alpha value is -1.88. The van der Waals surface area contributed by atoms with Crippen LogP contribution in [-0.4, -0.2) is 35.2 Å². The molecular weight excluding hydrogens is 258 g/mol. The second kappa shape index (κ2) is 9.97. The third-order valence-corrected chi connectivity index (χ3v) is 2.65. The van der Waals surface area contributed by atoms with E-state index in [0.717, 1.165) is 0 Å². The van der Waals surface area contributed by atoms with Crippen molar-refractivity contribution in [3.05, 3.63) is 34.9 Å². The fourth-order valence-corrected chi connectivity index (χ4v) is 1.58. The summed E-state index contributed by atoms with van der Waals surface area (Å²) in [7, 11) is 0.